The van der Waals surface area contributed by atoms with Crippen molar-refractivity contribution in [2.75, 3.05) is 5.32 Å². The smallest absolute Gasteiger partial charge is 0.237 e. The van der Waals surface area contributed by atoms with E-state index in [2.05, 4.69) is 72.7 Å². The van der Waals surface area contributed by atoms with Gasteiger partial charge in [0.1, 0.15) is 0 Å². The average molecular weight is 456 g/mol. The third-order valence-corrected chi connectivity index (χ3v) is 6.80. The first-order valence-corrected chi connectivity index (χ1v) is 12.1. The van der Waals surface area contributed by atoms with Gasteiger partial charge in [-0.15, -0.1) is 0 Å². The molecular formula is C28H29N3OS. The van der Waals surface area contributed by atoms with Crippen LogP contribution in [0.2, 0.25) is 0 Å². The topological polar surface area (TPSA) is 57.8 Å². The van der Waals surface area contributed by atoms with Crippen molar-refractivity contribution >= 4 is 23.4 Å². The van der Waals surface area contributed by atoms with Gasteiger partial charge in [0.2, 0.25) is 5.91 Å². The number of imidazole rings is 1. The van der Waals surface area contributed by atoms with Gasteiger partial charge >= 0.3 is 0 Å². The van der Waals surface area contributed by atoms with Crippen LogP contribution in [-0.2, 0) is 4.79 Å². The van der Waals surface area contributed by atoms with Crippen LogP contribution < -0.4 is 5.32 Å². The number of nitrogens with zero attached hydrogens (tertiary/aromatic N) is 1. The Labute approximate surface area is 199 Å². The van der Waals surface area contributed by atoms with Crippen molar-refractivity contribution in [2.45, 2.75) is 44.5 Å². The number of aromatic nitrogens is 2. The number of nitrogens with one attached hydrogen (secondary N) is 2. The molecule has 4 rings (SSSR count). The van der Waals surface area contributed by atoms with Gasteiger partial charge in [0.05, 0.1) is 16.6 Å². The van der Waals surface area contributed by atoms with Crippen molar-refractivity contribution in [2.24, 2.45) is 0 Å². The summed E-state index contributed by atoms with van der Waals surface area (Å²) in [6.45, 7) is 8.20. The Hall–Kier alpha value is -3.31. The molecule has 4 aromatic rings. The molecule has 5 heteroatoms. The molecule has 4 nitrogen and oxygen atoms in total. The van der Waals surface area contributed by atoms with E-state index < -0.39 is 0 Å². The van der Waals surface area contributed by atoms with Crippen molar-refractivity contribution in [1.82, 2.24) is 9.97 Å². The molecule has 1 aromatic heterocycles. The van der Waals surface area contributed by atoms with Crippen molar-refractivity contribution in [1.29, 1.82) is 0 Å². The molecular weight excluding hydrogens is 426 g/mol. The number of hydrogen-bond donors (Lipinski definition) is 2. The van der Waals surface area contributed by atoms with Gasteiger partial charge in [0, 0.05) is 16.8 Å². The molecule has 0 radical (unpaired) electrons. The lowest BCUT2D eigenvalue weighted by molar-refractivity contribution is -0.115. The van der Waals surface area contributed by atoms with Crippen LogP contribution in [0.5, 0.6) is 0 Å². The fourth-order valence-corrected chi connectivity index (χ4v) is 4.57. The van der Waals surface area contributed by atoms with E-state index in [0.29, 0.717) is 6.42 Å². The van der Waals surface area contributed by atoms with Crippen molar-refractivity contribution < 1.29 is 4.79 Å². The third-order valence-electron chi connectivity index (χ3n) is 5.55. The van der Waals surface area contributed by atoms with Gasteiger partial charge in [-0.05, 0) is 44.9 Å². The molecule has 33 heavy (non-hydrogen) atoms. The molecule has 1 atom stereocenters. The summed E-state index contributed by atoms with van der Waals surface area (Å²) < 4.78 is 0. The molecule has 3 aromatic carbocycles. The molecule has 0 bridgehead atoms. The fraction of sp³-hybridized carbons (Fsp3) is 0.214. The molecule has 168 valence electrons. The molecule has 0 saturated carbocycles. The summed E-state index contributed by atoms with van der Waals surface area (Å²) in [5.41, 5.74) is 8.35. The lowest BCUT2D eigenvalue weighted by Crippen LogP contribution is -2.24. The molecule has 0 aliphatic carbocycles. The quantitative estimate of drug-likeness (QED) is 0.290. The average Bonchev–Trinajstić information content (AvgIpc) is 3.22. The summed E-state index contributed by atoms with van der Waals surface area (Å²) >= 11 is 1.47. The Morgan fingerprint density at radius 2 is 1.55 bits per heavy atom. The van der Waals surface area contributed by atoms with Gasteiger partial charge < -0.3 is 10.3 Å². The summed E-state index contributed by atoms with van der Waals surface area (Å²) in [5.74, 6) is -0.0155. The van der Waals surface area contributed by atoms with Gasteiger partial charge in [-0.1, -0.05) is 90.5 Å². The van der Waals surface area contributed by atoms with E-state index in [9.17, 15) is 4.79 Å². The number of aryl methyl sites for hydroxylation is 3. The molecule has 0 aliphatic heterocycles. The Balaban J connectivity index is 1.63. The van der Waals surface area contributed by atoms with E-state index in [1.807, 2.05) is 38.1 Å². The predicted octanol–water partition coefficient (Wildman–Crippen LogP) is 7.18. The van der Waals surface area contributed by atoms with E-state index in [-0.39, 0.29) is 11.2 Å². The highest BCUT2D eigenvalue weighted by atomic mass is 32.2. The van der Waals surface area contributed by atoms with Crippen LogP contribution >= 0.6 is 11.8 Å². The van der Waals surface area contributed by atoms with E-state index in [1.54, 1.807) is 0 Å². The fourth-order valence-electron chi connectivity index (χ4n) is 3.66. The second-order valence-electron chi connectivity index (χ2n) is 8.37. The first kappa shape index (κ1) is 22.9. The number of hydrogen-bond acceptors (Lipinski definition) is 3. The van der Waals surface area contributed by atoms with Crippen molar-refractivity contribution in [3.63, 3.8) is 0 Å². The molecule has 1 amide bonds. The number of thioether (sulfide) groups is 1. The van der Waals surface area contributed by atoms with E-state index in [0.717, 1.165) is 38.9 Å². The lowest BCUT2D eigenvalue weighted by Gasteiger charge is -2.13. The van der Waals surface area contributed by atoms with E-state index in [4.69, 9.17) is 4.98 Å². The minimum absolute atomic E-state index is 0.0155. The summed E-state index contributed by atoms with van der Waals surface area (Å²) in [6.07, 6.45) is 0.697. The maximum Gasteiger partial charge on any atom is 0.237 e. The molecule has 2 N–H and O–H groups in total. The maximum atomic E-state index is 13.0. The standard InChI is InChI=1S/C28H29N3OS/c1-5-24(27(32)29-23-8-6-7-20(4)17-23)33-28-30-25(21-13-9-18(2)10-14-21)26(31-28)22-15-11-19(3)12-16-22/h6-17,24H,5H2,1-4H3,(H,29,32)(H,30,31). The Morgan fingerprint density at radius 3 is 2.15 bits per heavy atom. The number of anilines is 1. The van der Waals surface area contributed by atoms with Crippen LogP contribution in [0.1, 0.15) is 30.0 Å². The summed E-state index contributed by atoms with van der Waals surface area (Å²) in [5, 5.41) is 3.54. The van der Waals surface area contributed by atoms with Gasteiger partial charge in [0.25, 0.3) is 0 Å². The SMILES string of the molecule is CCC(Sc1nc(-c2ccc(C)cc2)c(-c2ccc(C)cc2)[nH]1)C(=O)Nc1cccc(C)c1. The van der Waals surface area contributed by atoms with Crippen LogP contribution in [0, 0.1) is 20.8 Å². The second kappa shape index (κ2) is 10.1. The molecule has 1 unspecified atom stereocenters. The number of rotatable bonds is 7. The number of aromatic amines is 1. The number of H-pyrrole nitrogens is 1. The van der Waals surface area contributed by atoms with Crippen molar-refractivity contribution in [3.8, 4) is 22.5 Å². The summed E-state index contributed by atoms with van der Waals surface area (Å²) in [6, 6.07) is 24.7. The van der Waals surface area contributed by atoms with Gasteiger partial charge in [-0.2, -0.15) is 0 Å². The maximum absolute atomic E-state index is 13.0. The number of carbonyl (C=O) groups excluding carboxylic acids is 1. The van der Waals surface area contributed by atoms with Crippen LogP contribution in [0.3, 0.4) is 0 Å². The van der Waals surface area contributed by atoms with Gasteiger partial charge in [0.15, 0.2) is 5.16 Å². The zero-order valence-corrected chi connectivity index (χ0v) is 20.3. The predicted molar refractivity (Wildman–Crippen MR) is 139 cm³/mol. The van der Waals surface area contributed by atoms with Crippen molar-refractivity contribution in [3.05, 3.63) is 89.5 Å². The highest BCUT2D eigenvalue weighted by molar-refractivity contribution is 8.00. The monoisotopic (exact) mass is 455 g/mol. The zero-order valence-electron chi connectivity index (χ0n) is 19.5. The van der Waals surface area contributed by atoms with E-state index in [1.165, 1.54) is 22.9 Å². The molecule has 0 fully saturated rings. The first-order valence-electron chi connectivity index (χ1n) is 11.2. The van der Waals surface area contributed by atoms with Crippen LogP contribution in [-0.4, -0.2) is 21.1 Å². The third kappa shape index (κ3) is 5.55. The molecule has 0 aliphatic rings. The van der Waals surface area contributed by atoms with Crippen LogP contribution in [0.25, 0.3) is 22.5 Å². The molecule has 1 heterocycles. The van der Waals surface area contributed by atoms with E-state index >= 15 is 0 Å². The number of amides is 1. The Bertz CT molecular complexity index is 1180. The Kier molecular flexibility index (Phi) is 6.99. The summed E-state index contributed by atoms with van der Waals surface area (Å²) in [4.78, 5) is 21.4. The molecule has 0 saturated heterocycles. The first-order chi connectivity index (χ1) is 15.9. The minimum Gasteiger partial charge on any atom is -0.332 e. The number of carbonyl (C=O) groups is 1. The minimum atomic E-state index is -0.256. The molecule has 0 spiro atoms. The largest absolute Gasteiger partial charge is 0.332 e. The van der Waals surface area contributed by atoms with Crippen LogP contribution in [0.4, 0.5) is 5.69 Å². The van der Waals surface area contributed by atoms with Gasteiger partial charge in [-0.25, -0.2) is 4.98 Å². The second-order valence-corrected chi connectivity index (χ2v) is 9.56. The Morgan fingerprint density at radius 1 is 0.909 bits per heavy atom. The van der Waals surface area contributed by atoms with Crippen LogP contribution in [0.15, 0.2) is 78.0 Å². The number of benzene rings is 3. The summed E-state index contributed by atoms with van der Waals surface area (Å²) in [7, 11) is 0. The zero-order chi connectivity index (χ0) is 23.4. The highest BCUT2D eigenvalue weighted by Crippen LogP contribution is 2.35. The lowest BCUT2D eigenvalue weighted by atomic mass is 10.0. The highest BCUT2D eigenvalue weighted by Gasteiger charge is 2.22. The normalized spacial score (nSPS) is 11.9. The van der Waals surface area contributed by atoms with Gasteiger partial charge in [-0.3, -0.25) is 4.79 Å².